The van der Waals surface area contributed by atoms with Crippen LogP contribution in [0, 0.1) is 5.92 Å². The molecule has 2 N–H and O–H groups in total. The predicted molar refractivity (Wildman–Crippen MR) is 61.3 cm³/mol. The highest BCUT2D eigenvalue weighted by Crippen LogP contribution is 2.22. The van der Waals surface area contributed by atoms with E-state index in [9.17, 15) is 0 Å². The average molecular weight is 199 g/mol. The van der Waals surface area contributed by atoms with Crippen LogP contribution >= 0.6 is 0 Å². The van der Waals surface area contributed by atoms with Crippen LogP contribution in [0.4, 0.5) is 0 Å². The van der Waals surface area contributed by atoms with Crippen molar-refractivity contribution in [2.45, 2.75) is 31.8 Å². The summed E-state index contributed by atoms with van der Waals surface area (Å²) in [5.41, 5.74) is 6.05. The molecule has 1 rings (SSSR count). The molecule has 0 aromatic carbocycles. The number of hydrogen-bond acceptors (Lipinski definition) is 3. The third-order valence-corrected chi connectivity index (χ3v) is 3.28. The molecular formula is C11H25N3. The topological polar surface area (TPSA) is 32.5 Å². The summed E-state index contributed by atoms with van der Waals surface area (Å²) in [6, 6.07) is 0.791. The van der Waals surface area contributed by atoms with Crippen LogP contribution in [0.15, 0.2) is 0 Å². The lowest BCUT2D eigenvalue weighted by molar-refractivity contribution is 0.108. The molecule has 0 spiro atoms. The van der Waals surface area contributed by atoms with Crippen molar-refractivity contribution in [3.05, 3.63) is 0 Å². The van der Waals surface area contributed by atoms with Gasteiger partial charge in [-0.05, 0) is 53.4 Å². The summed E-state index contributed by atoms with van der Waals surface area (Å²) in [5, 5.41) is 0. The molecule has 3 heteroatoms. The summed E-state index contributed by atoms with van der Waals surface area (Å²) in [5.74, 6) is 0.740. The summed E-state index contributed by atoms with van der Waals surface area (Å²) in [4.78, 5) is 4.71. The van der Waals surface area contributed by atoms with Gasteiger partial charge in [0.15, 0.2) is 0 Å². The fourth-order valence-electron chi connectivity index (χ4n) is 2.81. The van der Waals surface area contributed by atoms with Crippen LogP contribution in [0.5, 0.6) is 0 Å². The zero-order valence-electron chi connectivity index (χ0n) is 10.0. The Morgan fingerprint density at radius 2 is 2.07 bits per heavy atom. The summed E-state index contributed by atoms with van der Waals surface area (Å²) < 4.78 is 0. The Bertz CT molecular complexity index is 160. The Labute approximate surface area is 88.2 Å². The van der Waals surface area contributed by atoms with E-state index in [2.05, 4.69) is 37.9 Å². The third-order valence-electron chi connectivity index (χ3n) is 3.28. The van der Waals surface area contributed by atoms with Crippen molar-refractivity contribution in [1.82, 2.24) is 9.80 Å². The van der Waals surface area contributed by atoms with Crippen molar-refractivity contribution in [3.63, 3.8) is 0 Å². The Kier molecular flexibility index (Phi) is 4.35. The first-order valence-corrected chi connectivity index (χ1v) is 5.63. The smallest absolute Gasteiger partial charge is 0.0278 e. The standard InChI is InChI=1S/C11H25N3/c1-9(12)11(13(2)3)10-6-5-7-14(4)8-10/h9-11H,5-8,12H2,1-4H3. The second kappa shape index (κ2) is 5.10. The van der Waals surface area contributed by atoms with E-state index in [1.54, 1.807) is 0 Å². The molecule has 0 bridgehead atoms. The maximum Gasteiger partial charge on any atom is 0.0278 e. The van der Waals surface area contributed by atoms with Gasteiger partial charge < -0.3 is 15.5 Å². The van der Waals surface area contributed by atoms with Crippen LogP contribution in [0.25, 0.3) is 0 Å². The quantitative estimate of drug-likeness (QED) is 0.723. The minimum atomic E-state index is 0.265. The Hall–Kier alpha value is -0.120. The largest absolute Gasteiger partial charge is 0.327 e. The molecule has 0 aliphatic carbocycles. The SMILES string of the molecule is CC(N)C(C1CCCN(C)C1)N(C)C. The lowest BCUT2D eigenvalue weighted by atomic mass is 9.87. The molecule has 14 heavy (non-hydrogen) atoms. The molecule has 1 fully saturated rings. The van der Waals surface area contributed by atoms with Gasteiger partial charge in [0.1, 0.15) is 0 Å². The normalized spacial score (nSPS) is 29.1. The van der Waals surface area contributed by atoms with Crippen molar-refractivity contribution in [2.24, 2.45) is 11.7 Å². The molecule has 1 heterocycles. The molecule has 1 aliphatic rings. The van der Waals surface area contributed by atoms with Crippen molar-refractivity contribution in [1.29, 1.82) is 0 Å². The molecule has 0 radical (unpaired) electrons. The van der Waals surface area contributed by atoms with Crippen molar-refractivity contribution in [3.8, 4) is 0 Å². The fraction of sp³-hybridized carbons (Fsp3) is 1.00. The van der Waals surface area contributed by atoms with Gasteiger partial charge in [0, 0.05) is 18.6 Å². The van der Waals surface area contributed by atoms with Crippen LogP contribution < -0.4 is 5.73 Å². The van der Waals surface area contributed by atoms with Gasteiger partial charge in [-0.3, -0.25) is 0 Å². The summed E-state index contributed by atoms with van der Waals surface area (Å²) in [7, 11) is 6.49. The lowest BCUT2D eigenvalue weighted by Gasteiger charge is -2.40. The zero-order chi connectivity index (χ0) is 10.7. The second-order valence-corrected chi connectivity index (χ2v) is 4.98. The Morgan fingerprint density at radius 3 is 2.50 bits per heavy atom. The van der Waals surface area contributed by atoms with E-state index in [4.69, 9.17) is 5.73 Å². The van der Waals surface area contributed by atoms with Crippen molar-refractivity contribution in [2.75, 3.05) is 34.2 Å². The number of nitrogens with two attached hydrogens (primary N) is 1. The van der Waals surface area contributed by atoms with Gasteiger partial charge >= 0.3 is 0 Å². The van der Waals surface area contributed by atoms with Crippen LogP contribution in [-0.2, 0) is 0 Å². The zero-order valence-corrected chi connectivity index (χ0v) is 10.0. The number of nitrogens with zero attached hydrogens (tertiary/aromatic N) is 2. The highest BCUT2D eigenvalue weighted by atomic mass is 15.2. The van der Waals surface area contributed by atoms with Crippen molar-refractivity contribution < 1.29 is 0 Å². The molecule has 1 aliphatic heterocycles. The average Bonchev–Trinajstić information content (AvgIpc) is 2.02. The molecule has 0 aromatic heterocycles. The molecule has 0 aromatic rings. The van der Waals surface area contributed by atoms with Crippen LogP contribution in [-0.4, -0.2) is 56.1 Å². The van der Waals surface area contributed by atoms with E-state index in [1.165, 1.54) is 25.9 Å². The van der Waals surface area contributed by atoms with Crippen LogP contribution in [0.1, 0.15) is 19.8 Å². The van der Waals surface area contributed by atoms with Crippen molar-refractivity contribution >= 4 is 0 Å². The number of rotatable bonds is 3. The van der Waals surface area contributed by atoms with Crippen LogP contribution in [0.2, 0.25) is 0 Å². The second-order valence-electron chi connectivity index (χ2n) is 4.98. The molecule has 3 nitrogen and oxygen atoms in total. The first-order valence-electron chi connectivity index (χ1n) is 5.63. The molecule has 0 saturated carbocycles. The van der Waals surface area contributed by atoms with E-state index < -0.39 is 0 Å². The Morgan fingerprint density at radius 1 is 1.43 bits per heavy atom. The summed E-state index contributed by atoms with van der Waals surface area (Å²) in [6.45, 7) is 4.57. The lowest BCUT2D eigenvalue weighted by Crippen LogP contribution is -2.52. The molecule has 3 unspecified atom stereocenters. The highest BCUT2D eigenvalue weighted by Gasteiger charge is 2.29. The number of likely N-dealkylation sites (N-methyl/N-ethyl adjacent to an activating group) is 1. The molecule has 3 atom stereocenters. The monoisotopic (exact) mass is 199 g/mol. The van der Waals surface area contributed by atoms with Gasteiger partial charge in [-0.15, -0.1) is 0 Å². The van der Waals surface area contributed by atoms with E-state index in [-0.39, 0.29) is 6.04 Å². The predicted octanol–water partition coefficient (Wildman–Crippen LogP) is 0.606. The first kappa shape index (κ1) is 12.0. The van der Waals surface area contributed by atoms with E-state index >= 15 is 0 Å². The van der Waals surface area contributed by atoms with Gasteiger partial charge in [0.25, 0.3) is 0 Å². The van der Waals surface area contributed by atoms with Gasteiger partial charge in [-0.25, -0.2) is 0 Å². The fourth-order valence-corrected chi connectivity index (χ4v) is 2.81. The van der Waals surface area contributed by atoms with Crippen LogP contribution in [0.3, 0.4) is 0 Å². The molecular weight excluding hydrogens is 174 g/mol. The minimum absolute atomic E-state index is 0.265. The van der Waals surface area contributed by atoms with Gasteiger partial charge in [-0.2, -0.15) is 0 Å². The first-order chi connectivity index (χ1) is 6.52. The summed E-state index contributed by atoms with van der Waals surface area (Å²) in [6.07, 6.45) is 2.65. The van der Waals surface area contributed by atoms with Gasteiger partial charge in [0.2, 0.25) is 0 Å². The van der Waals surface area contributed by atoms with E-state index in [1.807, 2.05) is 0 Å². The van der Waals surface area contributed by atoms with E-state index in [0.29, 0.717) is 6.04 Å². The minimum Gasteiger partial charge on any atom is -0.327 e. The molecule has 84 valence electrons. The summed E-state index contributed by atoms with van der Waals surface area (Å²) >= 11 is 0. The van der Waals surface area contributed by atoms with E-state index in [0.717, 1.165) is 5.92 Å². The third kappa shape index (κ3) is 2.94. The van der Waals surface area contributed by atoms with Gasteiger partial charge in [0.05, 0.1) is 0 Å². The Balaban J connectivity index is 2.58. The number of likely N-dealkylation sites (tertiary alicyclic amines) is 1. The maximum atomic E-state index is 6.05. The number of piperidine rings is 1. The van der Waals surface area contributed by atoms with Gasteiger partial charge in [-0.1, -0.05) is 0 Å². The molecule has 0 amide bonds. The highest BCUT2D eigenvalue weighted by molar-refractivity contribution is 4.86. The maximum absolute atomic E-state index is 6.05. The molecule has 1 saturated heterocycles. The number of hydrogen-bond donors (Lipinski definition) is 1.